The Labute approximate surface area is 165 Å². The molecule has 2 aromatic heterocycles. The first-order valence-corrected chi connectivity index (χ1v) is 9.73. The van der Waals surface area contributed by atoms with Gasteiger partial charge in [0.25, 0.3) is 0 Å². The first kappa shape index (κ1) is 20.2. The smallest absolute Gasteiger partial charge is 0.220 e. The monoisotopic (exact) mass is 383 g/mol. The van der Waals surface area contributed by atoms with Crippen molar-refractivity contribution < 1.29 is 9.84 Å². The molecule has 0 aliphatic carbocycles. The average molecular weight is 383 g/mol. The highest BCUT2D eigenvalue weighted by Gasteiger charge is 2.09. The van der Waals surface area contributed by atoms with E-state index in [-0.39, 0.29) is 6.10 Å². The Morgan fingerprint density at radius 1 is 1.36 bits per heavy atom. The first-order chi connectivity index (χ1) is 13.4. The van der Waals surface area contributed by atoms with Crippen LogP contribution in [0.3, 0.4) is 0 Å². The standard InChI is InChI=1S/C16H19N5.C5H10O2/c1-10(2)14-9-21(20-11(14)3)8-12-4-5-13-7-18-16(17)19-15(13)6-12;6-5-2-1-3-7-4-5/h4-7,9-10H,8H2,1-3H3,(H2,17,18,19);5-6H,1-4H2. The number of aliphatic hydroxyl groups is 1. The molecule has 7 heteroatoms. The number of benzene rings is 1. The highest BCUT2D eigenvalue weighted by atomic mass is 16.5. The molecule has 28 heavy (non-hydrogen) atoms. The number of hydrogen-bond acceptors (Lipinski definition) is 6. The lowest BCUT2D eigenvalue weighted by Gasteiger charge is -2.15. The number of hydrogen-bond donors (Lipinski definition) is 2. The van der Waals surface area contributed by atoms with Crippen LogP contribution in [0.1, 0.15) is 49.4 Å². The molecule has 150 valence electrons. The highest BCUT2D eigenvalue weighted by Crippen LogP contribution is 2.19. The van der Waals surface area contributed by atoms with Crippen LogP contribution in [0.4, 0.5) is 5.95 Å². The van der Waals surface area contributed by atoms with Crippen LogP contribution in [0.25, 0.3) is 10.9 Å². The molecule has 4 rings (SSSR count). The van der Waals surface area contributed by atoms with E-state index in [4.69, 9.17) is 15.6 Å². The fourth-order valence-electron chi connectivity index (χ4n) is 3.27. The number of aromatic nitrogens is 4. The molecule has 0 bridgehead atoms. The van der Waals surface area contributed by atoms with Gasteiger partial charge in [0, 0.05) is 24.4 Å². The summed E-state index contributed by atoms with van der Waals surface area (Å²) in [5, 5.41) is 14.4. The maximum atomic E-state index is 8.78. The van der Waals surface area contributed by atoms with Crippen LogP contribution in [0, 0.1) is 6.92 Å². The Kier molecular flexibility index (Phi) is 6.59. The second kappa shape index (κ2) is 9.12. The summed E-state index contributed by atoms with van der Waals surface area (Å²) in [6.07, 6.45) is 5.62. The zero-order chi connectivity index (χ0) is 20.1. The SMILES string of the molecule is Cc1nn(Cc2ccc3cnc(N)nc3c2)cc1C(C)C.OC1CCCOC1. The molecule has 0 amide bonds. The van der Waals surface area contributed by atoms with Crippen LogP contribution in [0.2, 0.25) is 0 Å². The Morgan fingerprint density at radius 3 is 2.79 bits per heavy atom. The molecule has 3 aromatic rings. The molecule has 1 aliphatic rings. The molecular formula is C21H29N5O2. The van der Waals surface area contributed by atoms with Crippen molar-refractivity contribution >= 4 is 16.9 Å². The Bertz CT molecular complexity index is 916. The minimum atomic E-state index is -0.186. The molecule has 3 N–H and O–H groups in total. The predicted octanol–water partition coefficient (Wildman–Crippen LogP) is 3.05. The summed E-state index contributed by atoms with van der Waals surface area (Å²) in [5.41, 5.74) is 10.1. The van der Waals surface area contributed by atoms with Crippen LogP contribution in [-0.2, 0) is 11.3 Å². The third-order valence-corrected chi connectivity index (χ3v) is 4.75. The molecule has 1 aliphatic heterocycles. The van der Waals surface area contributed by atoms with Gasteiger partial charge in [0.15, 0.2) is 0 Å². The lowest BCUT2D eigenvalue weighted by molar-refractivity contribution is -0.00535. The largest absolute Gasteiger partial charge is 0.391 e. The summed E-state index contributed by atoms with van der Waals surface area (Å²) in [7, 11) is 0. The summed E-state index contributed by atoms with van der Waals surface area (Å²) >= 11 is 0. The molecular weight excluding hydrogens is 354 g/mol. The van der Waals surface area contributed by atoms with E-state index in [0.717, 1.165) is 48.2 Å². The van der Waals surface area contributed by atoms with Crippen molar-refractivity contribution in [2.75, 3.05) is 18.9 Å². The number of nitrogen functional groups attached to an aromatic ring is 1. The Hall–Kier alpha value is -2.51. The second-order valence-electron chi connectivity index (χ2n) is 7.51. The molecule has 0 spiro atoms. The van der Waals surface area contributed by atoms with Gasteiger partial charge in [0.1, 0.15) is 0 Å². The summed E-state index contributed by atoms with van der Waals surface area (Å²) in [6, 6.07) is 6.14. The zero-order valence-electron chi connectivity index (χ0n) is 16.8. The fourth-order valence-corrected chi connectivity index (χ4v) is 3.27. The maximum absolute atomic E-state index is 8.78. The number of fused-ring (bicyclic) bond motifs is 1. The lowest BCUT2D eigenvalue weighted by Crippen LogP contribution is -2.21. The number of nitrogens with two attached hydrogens (primary N) is 1. The molecule has 1 aromatic carbocycles. The lowest BCUT2D eigenvalue weighted by atomic mass is 10.1. The van der Waals surface area contributed by atoms with Gasteiger partial charge in [-0.2, -0.15) is 5.10 Å². The van der Waals surface area contributed by atoms with Gasteiger partial charge in [-0.1, -0.05) is 26.0 Å². The fraction of sp³-hybridized carbons (Fsp3) is 0.476. The van der Waals surface area contributed by atoms with Crippen molar-refractivity contribution in [2.45, 2.75) is 52.2 Å². The predicted molar refractivity (Wildman–Crippen MR) is 110 cm³/mol. The van der Waals surface area contributed by atoms with Gasteiger partial charge in [0.2, 0.25) is 5.95 Å². The third kappa shape index (κ3) is 5.27. The number of nitrogens with zero attached hydrogens (tertiary/aromatic N) is 4. The van der Waals surface area contributed by atoms with Gasteiger partial charge in [0.05, 0.1) is 30.5 Å². The minimum Gasteiger partial charge on any atom is -0.391 e. The molecule has 7 nitrogen and oxygen atoms in total. The Balaban J connectivity index is 0.000000271. The van der Waals surface area contributed by atoms with Crippen LogP contribution in [0.5, 0.6) is 0 Å². The van der Waals surface area contributed by atoms with Gasteiger partial charge < -0.3 is 15.6 Å². The molecule has 0 radical (unpaired) electrons. The third-order valence-electron chi connectivity index (χ3n) is 4.75. The molecule has 1 atom stereocenters. The normalized spacial score (nSPS) is 16.8. The van der Waals surface area contributed by atoms with Crippen molar-refractivity contribution in [3.63, 3.8) is 0 Å². The van der Waals surface area contributed by atoms with E-state index in [0.29, 0.717) is 18.5 Å². The summed E-state index contributed by atoms with van der Waals surface area (Å²) in [5.74, 6) is 0.791. The van der Waals surface area contributed by atoms with Crippen LogP contribution in [0.15, 0.2) is 30.6 Å². The first-order valence-electron chi connectivity index (χ1n) is 9.73. The summed E-state index contributed by atoms with van der Waals surface area (Å²) in [4.78, 5) is 8.27. The maximum Gasteiger partial charge on any atom is 0.220 e. The average Bonchev–Trinajstić information content (AvgIpc) is 3.03. The van der Waals surface area contributed by atoms with Gasteiger partial charge >= 0.3 is 0 Å². The van der Waals surface area contributed by atoms with Crippen molar-refractivity contribution in [3.05, 3.63) is 47.4 Å². The minimum absolute atomic E-state index is 0.186. The zero-order valence-corrected chi connectivity index (χ0v) is 16.8. The molecule has 1 unspecified atom stereocenters. The quantitative estimate of drug-likeness (QED) is 0.721. The number of aryl methyl sites for hydroxylation is 1. The number of anilines is 1. The van der Waals surface area contributed by atoms with Crippen molar-refractivity contribution in [1.29, 1.82) is 0 Å². The molecule has 0 saturated carbocycles. The van der Waals surface area contributed by atoms with E-state index in [9.17, 15) is 0 Å². The van der Waals surface area contributed by atoms with Crippen molar-refractivity contribution in [1.82, 2.24) is 19.7 Å². The van der Waals surface area contributed by atoms with E-state index in [1.54, 1.807) is 6.20 Å². The van der Waals surface area contributed by atoms with Gasteiger partial charge in [-0.05, 0) is 42.9 Å². The van der Waals surface area contributed by atoms with Gasteiger partial charge in [-0.3, -0.25) is 4.68 Å². The van der Waals surface area contributed by atoms with E-state index in [1.165, 1.54) is 5.56 Å². The van der Waals surface area contributed by atoms with E-state index in [1.807, 2.05) is 16.8 Å². The van der Waals surface area contributed by atoms with Crippen LogP contribution in [-0.4, -0.2) is 44.2 Å². The van der Waals surface area contributed by atoms with E-state index in [2.05, 4.69) is 48.1 Å². The van der Waals surface area contributed by atoms with Gasteiger partial charge in [-0.25, -0.2) is 9.97 Å². The van der Waals surface area contributed by atoms with E-state index >= 15 is 0 Å². The van der Waals surface area contributed by atoms with Crippen LogP contribution >= 0.6 is 0 Å². The van der Waals surface area contributed by atoms with Crippen LogP contribution < -0.4 is 5.73 Å². The number of ether oxygens (including phenoxy) is 1. The second-order valence-corrected chi connectivity index (χ2v) is 7.51. The summed E-state index contributed by atoms with van der Waals surface area (Å²) in [6.45, 7) is 8.53. The van der Waals surface area contributed by atoms with Crippen molar-refractivity contribution in [3.8, 4) is 0 Å². The number of aliphatic hydroxyl groups excluding tert-OH is 1. The molecule has 1 fully saturated rings. The Morgan fingerprint density at radius 2 is 2.18 bits per heavy atom. The van der Waals surface area contributed by atoms with Gasteiger partial charge in [-0.15, -0.1) is 0 Å². The topological polar surface area (TPSA) is 99.1 Å². The number of rotatable bonds is 3. The van der Waals surface area contributed by atoms with E-state index < -0.39 is 0 Å². The molecule has 3 heterocycles. The highest BCUT2D eigenvalue weighted by molar-refractivity contribution is 5.79. The van der Waals surface area contributed by atoms with Crippen molar-refractivity contribution in [2.24, 2.45) is 0 Å². The molecule has 1 saturated heterocycles. The summed E-state index contributed by atoms with van der Waals surface area (Å²) < 4.78 is 6.91.